The van der Waals surface area contributed by atoms with Gasteiger partial charge in [-0.05, 0) is 24.3 Å². The summed E-state index contributed by atoms with van der Waals surface area (Å²) in [4.78, 5) is 0. The molecule has 1 unspecified atom stereocenters. The first-order chi connectivity index (χ1) is 13.7. The molecule has 156 valence electrons. The van der Waals surface area contributed by atoms with E-state index in [-0.39, 0.29) is 30.8 Å². The lowest BCUT2D eigenvalue weighted by Gasteiger charge is -2.19. The van der Waals surface area contributed by atoms with Crippen LogP contribution in [0.15, 0.2) is 42.5 Å². The molecule has 0 bridgehead atoms. The van der Waals surface area contributed by atoms with E-state index in [0.29, 0.717) is 26.1 Å². The second-order valence-corrected chi connectivity index (χ2v) is 7.54. The van der Waals surface area contributed by atoms with Crippen molar-refractivity contribution >= 4 is 0 Å². The molecule has 0 amide bonds. The van der Waals surface area contributed by atoms with E-state index in [1.54, 1.807) is 7.11 Å². The van der Waals surface area contributed by atoms with E-state index in [1.165, 1.54) is 5.56 Å². The predicted molar refractivity (Wildman–Crippen MR) is 105 cm³/mol. The number of hydrogen-bond donors (Lipinski definition) is 2. The molecule has 28 heavy (non-hydrogen) atoms. The van der Waals surface area contributed by atoms with Crippen molar-refractivity contribution in [3.8, 4) is 0 Å². The lowest BCUT2D eigenvalue weighted by Crippen LogP contribution is -2.20. The van der Waals surface area contributed by atoms with Crippen LogP contribution in [0.5, 0.6) is 0 Å². The number of hydrogen-bond acceptors (Lipinski definition) is 6. The van der Waals surface area contributed by atoms with E-state index in [9.17, 15) is 10.2 Å². The molecule has 1 heterocycles. The molecule has 6 nitrogen and oxygen atoms in total. The van der Waals surface area contributed by atoms with Crippen molar-refractivity contribution in [2.75, 3.05) is 27.1 Å². The normalized spacial score (nSPS) is 30.8. The zero-order chi connectivity index (χ0) is 19.8. The minimum atomic E-state index is -0.710. The molecule has 2 N–H and O–H groups in total. The Kier molecular flexibility index (Phi) is 8.45. The number of aliphatic hydroxyl groups is 2. The highest BCUT2D eigenvalue weighted by Gasteiger charge is 2.47. The first kappa shape index (κ1) is 21.4. The average Bonchev–Trinajstić information content (AvgIpc) is 3.18. The molecule has 1 aromatic rings. The van der Waals surface area contributed by atoms with Crippen molar-refractivity contribution in [2.24, 2.45) is 11.8 Å². The summed E-state index contributed by atoms with van der Waals surface area (Å²) in [6.07, 6.45) is 5.63. The molecule has 1 saturated carbocycles. The Bertz CT molecular complexity index is 592. The van der Waals surface area contributed by atoms with E-state index >= 15 is 0 Å². The first-order valence-corrected chi connectivity index (χ1v) is 10.1. The molecular formula is C22H32O6. The Morgan fingerprint density at radius 2 is 2.00 bits per heavy atom. The van der Waals surface area contributed by atoms with Crippen LogP contribution < -0.4 is 0 Å². The van der Waals surface area contributed by atoms with Crippen LogP contribution in [-0.4, -0.2) is 61.9 Å². The molecule has 1 aliphatic carbocycles. The molecule has 1 saturated heterocycles. The summed E-state index contributed by atoms with van der Waals surface area (Å²) < 4.78 is 21.8. The van der Waals surface area contributed by atoms with Crippen LogP contribution in [0.2, 0.25) is 0 Å². The first-order valence-electron chi connectivity index (χ1n) is 10.1. The largest absolute Gasteiger partial charge is 0.392 e. The zero-order valence-electron chi connectivity index (χ0n) is 16.5. The van der Waals surface area contributed by atoms with Gasteiger partial charge in [-0.3, -0.25) is 0 Å². The maximum Gasteiger partial charge on any atom is 0.155 e. The van der Waals surface area contributed by atoms with Gasteiger partial charge in [0.1, 0.15) is 6.79 Å². The fourth-order valence-corrected chi connectivity index (χ4v) is 4.11. The standard InChI is InChI=1S/C22H32O6/c1-25-11-12-26-15-27-17(8-7-16-5-3-2-4-6-16)9-10-18-19-13-22(24)28-21(19)14-20(18)23/h2-6,9-10,17-24H,7-8,11-15H2,1H3/t17-,18+,19+,20+,21-,22?/m0/s1. The predicted octanol–water partition coefficient (Wildman–Crippen LogP) is 2.29. The van der Waals surface area contributed by atoms with Gasteiger partial charge in [0.2, 0.25) is 0 Å². The Balaban J connectivity index is 1.56. The van der Waals surface area contributed by atoms with Crippen LogP contribution in [0.25, 0.3) is 0 Å². The summed E-state index contributed by atoms with van der Waals surface area (Å²) in [6, 6.07) is 10.3. The summed E-state index contributed by atoms with van der Waals surface area (Å²) in [6.45, 7) is 1.23. The molecule has 0 aromatic heterocycles. The van der Waals surface area contributed by atoms with Crippen molar-refractivity contribution < 1.29 is 29.2 Å². The highest BCUT2D eigenvalue weighted by Crippen LogP contribution is 2.43. The number of aliphatic hydroxyl groups excluding tert-OH is 2. The Hall–Kier alpha value is -1.28. The third kappa shape index (κ3) is 6.11. The average molecular weight is 392 g/mol. The molecule has 2 fully saturated rings. The quantitative estimate of drug-likeness (QED) is 0.342. The van der Waals surface area contributed by atoms with Crippen LogP contribution in [0.3, 0.4) is 0 Å². The topological polar surface area (TPSA) is 77.4 Å². The van der Waals surface area contributed by atoms with Gasteiger partial charge in [-0.1, -0.05) is 42.5 Å². The van der Waals surface area contributed by atoms with E-state index < -0.39 is 12.4 Å². The second-order valence-electron chi connectivity index (χ2n) is 7.54. The zero-order valence-corrected chi connectivity index (χ0v) is 16.5. The van der Waals surface area contributed by atoms with E-state index in [2.05, 4.69) is 12.1 Å². The van der Waals surface area contributed by atoms with Crippen LogP contribution in [0, 0.1) is 11.8 Å². The molecule has 0 spiro atoms. The maximum atomic E-state index is 10.4. The monoisotopic (exact) mass is 392 g/mol. The minimum absolute atomic E-state index is 0.0145. The minimum Gasteiger partial charge on any atom is -0.392 e. The van der Waals surface area contributed by atoms with Crippen LogP contribution in [-0.2, 0) is 25.4 Å². The van der Waals surface area contributed by atoms with Crippen molar-refractivity contribution in [3.63, 3.8) is 0 Å². The smallest absolute Gasteiger partial charge is 0.155 e. The van der Waals surface area contributed by atoms with Gasteiger partial charge in [-0.25, -0.2) is 0 Å². The Morgan fingerprint density at radius 1 is 1.18 bits per heavy atom. The second kappa shape index (κ2) is 11.0. The summed E-state index contributed by atoms with van der Waals surface area (Å²) >= 11 is 0. The summed E-state index contributed by atoms with van der Waals surface area (Å²) in [5.74, 6) is 0.147. The summed E-state index contributed by atoms with van der Waals surface area (Å²) in [5.41, 5.74) is 1.26. The molecule has 0 radical (unpaired) electrons. The molecule has 1 aliphatic heterocycles. The molecular weight excluding hydrogens is 360 g/mol. The Morgan fingerprint density at radius 3 is 2.79 bits per heavy atom. The fraction of sp³-hybridized carbons (Fsp3) is 0.636. The number of rotatable bonds is 11. The number of fused-ring (bicyclic) bond motifs is 1. The molecule has 1 aromatic carbocycles. The highest BCUT2D eigenvalue weighted by atomic mass is 16.7. The third-order valence-electron chi connectivity index (χ3n) is 5.60. The van der Waals surface area contributed by atoms with Gasteiger partial charge in [0.25, 0.3) is 0 Å². The lowest BCUT2D eigenvalue weighted by atomic mass is 9.91. The number of aryl methyl sites for hydroxylation is 1. The van der Waals surface area contributed by atoms with Gasteiger partial charge in [-0.15, -0.1) is 0 Å². The van der Waals surface area contributed by atoms with E-state index in [1.807, 2.05) is 30.4 Å². The van der Waals surface area contributed by atoms with Crippen LogP contribution in [0.4, 0.5) is 0 Å². The van der Waals surface area contributed by atoms with Gasteiger partial charge < -0.3 is 29.2 Å². The van der Waals surface area contributed by atoms with Gasteiger partial charge in [0.15, 0.2) is 6.29 Å². The van der Waals surface area contributed by atoms with Gasteiger partial charge in [0, 0.05) is 25.9 Å². The van der Waals surface area contributed by atoms with Gasteiger partial charge in [-0.2, -0.15) is 0 Å². The Labute approximate surface area is 167 Å². The molecule has 6 atom stereocenters. The number of ether oxygens (including phenoxy) is 4. The van der Waals surface area contributed by atoms with Gasteiger partial charge in [0.05, 0.1) is 31.5 Å². The van der Waals surface area contributed by atoms with Crippen molar-refractivity contribution in [1.29, 1.82) is 0 Å². The lowest BCUT2D eigenvalue weighted by molar-refractivity contribution is -0.0949. The highest BCUT2D eigenvalue weighted by molar-refractivity contribution is 5.15. The molecule has 3 rings (SSSR count). The fourth-order valence-electron chi connectivity index (χ4n) is 4.11. The maximum absolute atomic E-state index is 10.4. The number of methoxy groups -OCH3 is 1. The number of benzene rings is 1. The SMILES string of the molecule is COCCOCO[C@H](C=C[C@@H]1[C@H]2CC(O)O[C@H]2C[C@H]1O)CCc1ccccc1. The molecule has 2 aliphatic rings. The van der Waals surface area contributed by atoms with Crippen molar-refractivity contribution in [2.45, 2.75) is 50.3 Å². The van der Waals surface area contributed by atoms with Gasteiger partial charge >= 0.3 is 0 Å². The van der Waals surface area contributed by atoms with E-state index in [0.717, 1.165) is 12.8 Å². The van der Waals surface area contributed by atoms with Crippen molar-refractivity contribution in [3.05, 3.63) is 48.0 Å². The van der Waals surface area contributed by atoms with E-state index in [4.69, 9.17) is 18.9 Å². The van der Waals surface area contributed by atoms with Crippen molar-refractivity contribution in [1.82, 2.24) is 0 Å². The summed E-state index contributed by atoms with van der Waals surface area (Å²) in [7, 11) is 1.64. The third-order valence-corrected chi connectivity index (χ3v) is 5.60. The summed E-state index contributed by atoms with van der Waals surface area (Å²) in [5, 5.41) is 20.1. The van der Waals surface area contributed by atoms with Crippen LogP contribution in [0.1, 0.15) is 24.8 Å². The molecule has 6 heteroatoms. The van der Waals surface area contributed by atoms with Crippen LogP contribution >= 0.6 is 0 Å².